The van der Waals surface area contributed by atoms with Gasteiger partial charge in [0.05, 0.1) is 5.56 Å². The first-order valence-electron chi connectivity index (χ1n) is 7.93. The third kappa shape index (κ3) is 4.34. The van der Waals surface area contributed by atoms with Crippen LogP contribution in [0.25, 0.3) is 0 Å². The first-order chi connectivity index (χ1) is 11.1. The Kier molecular flexibility index (Phi) is 6.77. The van der Waals surface area contributed by atoms with Crippen LogP contribution >= 0.6 is 12.4 Å². The highest BCUT2D eigenvalue weighted by molar-refractivity contribution is 5.97. The van der Waals surface area contributed by atoms with Crippen molar-refractivity contribution >= 4 is 18.3 Å². The largest absolute Gasteiger partial charge is 0.434 e. The predicted octanol–water partition coefficient (Wildman–Crippen LogP) is 1.83. The number of alkyl halides is 2. The number of para-hydroxylation sites is 1. The molecule has 5 nitrogen and oxygen atoms in total. The fourth-order valence-corrected chi connectivity index (χ4v) is 3.28. The SMILES string of the molecule is Cl.O=C(c1ccccc1OC(F)F)N1CCC(N2CCNCC2)C1. The highest BCUT2D eigenvalue weighted by Crippen LogP contribution is 2.25. The van der Waals surface area contributed by atoms with Gasteiger partial charge < -0.3 is 15.0 Å². The van der Waals surface area contributed by atoms with Gasteiger partial charge in [0.15, 0.2) is 0 Å². The molecule has 1 aromatic rings. The maximum absolute atomic E-state index is 12.6. The smallest absolute Gasteiger partial charge is 0.387 e. The van der Waals surface area contributed by atoms with Crippen molar-refractivity contribution < 1.29 is 18.3 Å². The van der Waals surface area contributed by atoms with Gasteiger partial charge >= 0.3 is 6.61 Å². The minimum Gasteiger partial charge on any atom is -0.434 e. The molecule has 2 aliphatic heterocycles. The Balaban J connectivity index is 0.00000208. The molecule has 134 valence electrons. The van der Waals surface area contributed by atoms with Crippen LogP contribution in [-0.4, -0.2) is 67.6 Å². The fraction of sp³-hybridized carbons (Fsp3) is 0.562. The number of benzene rings is 1. The third-order valence-corrected chi connectivity index (χ3v) is 4.45. The Morgan fingerprint density at radius 3 is 2.62 bits per heavy atom. The molecule has 1 atom stereocenters. The number of nitrogens with one attached hydrogen (secondary N) is 1. The molecule has 2 aliphatic rings. The molecular weight excluding hydrogens is 340 g/mol. The zero-order valence-corrected chi connectivity index (χ0v) is 14.1. The maximum Gasteiger partial charge on any atom is 0.387 e. The standard InChI is InChI=1S/C16H21F2N3O2.ClH/c17-16(18)23-14-4-2-1-3-13(14)15(22)21-8-5-12(11-21)20-9-6-19-7-10-20;/h1-4,12,16,19H,5-11H2;1H. The number of carbonyl (C=O) groups is 1. The molecular formula is C16H22ClF2N3O2. The van der Waals surface area contributed by atoms with Gasteiger partial charge in [0.25, 0.3) is 5.91 Å². The predicted molar refractivity (Wildman–Crippen MR) is 89.1 cm³/mol. The number of rotatable bonds is 4. The molecule has 2 heterocycles. The summed E-state index contributed by atoms with van der Waals surface area (Å²) in [6.45, 7) is 2.26. The molecule has 2 saturated heterocycles. The molecule has 8 heteroatoms. The Morgan fingerprint density at radius 2 is 1.92 bits per heavy atom. The molecule has 24 heavy (non-hydrogen) atoms. The number of hydrogen-bond acceptors (Lipinski definition) is 4. The monoisotopic (exact) mass is 361 g/mol. The topological polar surface area (TPSA) is 44.8 Å². The number of amides is 1. The molecule has 1 unspecified atom stereocenters. The van der Waals surface area contributed by atoms with Gasteiger partial charge in [-0.15, -0.1) is 12.4 Å². The second-order valence-electron chi connectivity index (χ2n) is 5.85. The van der Waals surface area contributed by atoms with E-state index in [-0.39, 0.29) is 29.6 Å². The van der Waals surface area contributed by atoms with Crippen LogP contribution in [0.4, 0.5) is 8.78 Å². The van der Waals surface area contributed by atoms with Gasteiger partial charge in [-0.3, -0.25) is 9.69 Å². The van der Waals surface area contributed by atoms with Crippen molar-refractivity contribution in [2.45, 2.75) is 19.1 Å². The minimum atomic E-state index is -2.93. The zero-order valence-electron chi connectivity index (χ0n) is 13.3. The van der Waals surface area contributed by atoms with E-state index in [1.54, 1.807) is 17.0 Å². The van der Waals surface area contributed by atoms with Crippen LogP contribution in [0.1, 0.15) is 16.8 Å². The maximum atomic E-state index is 12.6. The average Bonchev–Trinajstić information content (AvgIpc) is 3.05. The van der Waals surface area contributed by atoms with Crippen molar-refractivity contribution in [2.24, 2.45) is 0 Å². The summed E-state index contributed by atoms with van der Waals surface area (Å²) in [6.07, 6.45) is 0.920. The summed E-state index contributed by atoms with van der Waals surface area (Å²) < 4.78 is 29.4. The lowest BCUT2D eigenvalue weighted by atomic mass is 10.1. The summed E-state index contributed by atoms with van der Waals surface area (Å²) in [6, 6.07) is 6.54. The number of ether oxygens (including phenoxy) is 1. The minimum absolute atomic E-state index is 0. The molecule has 1 N–H and O–H groups in total. The van der Waals surface area contributed by atoms with E-state index in [0.29, 0.717) is 19.1 Å². The average molecular weight is 362 g/mol. The first-order valence-corrected chi connectivity index (χ1v) is 7.93. The van der Waals surface area contributed by atoms with Crippen LogP contribution in [0, 0.1) is 0 Å². The summed E-state index contributed by atoms with van der Waals surface area (Å²) >= 11 is 0. The molecule has 0 spiro atoms. The molecule has 2 fully saturated rings. The number of hydrogen-bond donors (Lipinski definition) is 1. The van der Waals surface area contributed by atoms with E-state index in [9.17, 15) is 13.6 Å². The summed E-state index contributed by atoms with van der Waals surface area (Å²) in [7, 11) is 0. The van der Waals surface area contributed by atoms with Gasteiger partial charge in [0, 0.05) is 45.3 Å². The number of halogens is 3. The quantitative estimate of drug-likeness (QED) is 0.888. The van der Waals surface area contributed by atoms with Crippen LogP contribution in [0.15, 0.2) is 24.3 Å². The molecule has 3 rings (SSSR count). The van der Waals surface area contributed by atoms with E-state index in [1.165, 1.54) is 12.1 Å². The molecule has 0 radical (unpaired) electrons. The highest BCUT2D eigenvalue weighted by Gasteiger charge is 2.32. The Bertz CT molecular complexity index is 556. The van der Waals surface area contributed by atoms with E-state index >= 15 is 0 Å². The number of piperazine rings is 1. The molecule has 0 aromatic heterocycles. The van der Waals surface area contributed by atoms with Crippen LogP contribution in [-0.2, 0) is 0 Å². The first kappa shape index (κ1) is 18.9. The lowest BCUT2D eigenvalue weighted by molar-refractivity contribution is -0.0502. The van der Waals surface area contributed by atoms with Crippen molar-refractivity contribution in [3.8, 4) is 5.75 Å². The van der Waals surface area contributed by atoms with E-state index in [0.717, 1.165) is 32.6 Å². The molecule has 1 amide bonds. The third-order valence-electron chi connectivity index (χ3n) is 4.45. The number of likely N-dealkylation sites (tertiary alicyclic amines) is 1. The van der Waals surface area contributed by atoms with Gasteiger partial charge in [0.1, 0.15) is 5.75 Å². The lowest BCUT2D eigenvalue weighted by Crippen LogP contribution is -2.49. The van der Waals surface area contributed by atoms with Gasteiger partial charge in [-0.2, -0.15) is 8.78 Å². The zero-order chi connectivity index (χ0) is 16.2. The molecule has 0 saturated carbocycles. The highest BCUT2D eigenvalue weighted by atomic mass is 35.5. The van der Waals surface area contributed by atoms with Crippen molar-refractivity contribution in [1.82, 2.24) is 15.1 Å². The normalized spacial score (nSPS) is 21.6. The van der Waals surface area contributed by atoms with E-state index in [4.69, 9.17) is 0 Å². The van der Waals surface area contributed by atoms with Crippen LogP contribution < -0.4 is 10.1 Å². The van der Waals surface area contributed by atoms with E-state index < -0.39 is 6.61 Å². The van der Waals surface area contributed by atoms with Crippen molar-refractivity contribution in [3.63, 3.8) is 0 Å². The van der Waals surface area contributed by atoms with Crippen LogP contribution in [0.3, 0.4) is 0 Å². The molecule has 0 bridgehead atoms. The van der Waals surface area contributed by atoms with Crippen LogP contribution in [0.5, 0.6) is 5.75 Å². The lowest BCUT2D eigenvalue weighted by Gasteiger charge is -2.32. The Labute approximate surface area is 146 Å². The van der Waals surface area contributed by atoms with Gasteiger partial charge in [-0.1, -0.05) is 12.1 Å². The van der Waals surface area contributed by atoms with E-state index in [2.05, 4.69) is 15.0 Å². The number of carbonyl (C=O) groups excluding carboxylic acids is 1. The summed E-state index contributed by atoms with van der Waals surface area (Å²) in [5, 5.41) is 3.31. The van der Waals surface area contributed by atoms with Crippen molar-refractivity contribution in [3.05, 3.63) is 29.8 Å². The summed E-state index contributed by atoms with van der Waals surface area (Å²) in [5.74, 6) is -0.294. The van der Waals surface area contributed by atoms with Gasteiger partial charge in [-0.05, 0) is 18.6 Å². The van der Waals surface area contributed by atoms with Crippen molar-refractivity contribution in [1.29, 1.82) is 0 Å². The van der Waals surface area contributed by atoms with E-state index in [1.807, 2.05) is 0 Å². The Morgan fingerprint density at radius 1 is 1.21 bits per heavy atom. The van der Waals surface area contributed by atoms with Gasteiger partial charge in [-0.25, -0.2) is 0 Å². The Hall–Kier alpha value is -1.44. The summed E-state index contributed by atoms with van der Waals surface area (Å²) in [4.78, 5) is 16.8. The second kappa shape index (κ2) is 8.60. The van der Waals surface area contributed by atoms with Gasteiger partial charge in [0.2, 0.25) is 0 Å². The number of nitrogens with zero attached hydrogens (tertiary/aromatic N) is 2. The molecule has 1 aromatic carbocycles. The van der Waals surface area contributed by atoms with Crippen molar-refractivity contribution in [2.75, 3.05) is 39.3 Å². The van der Waals surface area contributed by atoms with Crippen LogP contribution in [0.2, 0.25) is 0 Å². The second-order valence-corrected chi connectivity index (χ2v) is 5.85. The fourth-order valence-electron chi connectivity index (χ4n) is 3.28. The molecule has 0 aliphatic carbocycles. The summed E-state index contributed by atoms with van der Waals surface area (Å²) in [5.41, 5.74) is 0.203.